The molecule has 2 amide bonds. The molecule has 1 aromatic carbocycles. The average molecular weight is 437 g/mol. The first-order valence-electron chi connectivity index (χ1n) is 10.6. The van der Waals surface area contributed by atoms with Gasteiger partial charge in [-0.2, -0.15) is 0 Å². The van der Waals surface area contributed by atoms with Gasteiger partial charge in [-0.25, -0.2) is 13.1 Å². The monoisotopic (exact) mass is 436 g/mol. The molecule has 1 N–H and O–H groups in total. The number of fused-ring (bicyclic) bond motifs is 1. The van der Waals surface area contributed by atoms with E-state index >= 15 is 0 Å². The summed E-state index contributed by atoms with van der Waals surface area (Å²) in [5, 5.41) is 0. The molecule has 0 saturated carbocycles. The zero-order chi connectivity index (χ0) is 21.7. The summed E-state index contributed by atoms with van der Waals surface area (Å²) in [7, 11) is 0.189. The van der Waals surface area contributed by atoms with Gasteiger partial charge in [0.15, 0.2) is 0 Å². The van der Waals surface area contributed by atoms with E-state index in [0.29, 0.717) is 26.1 Å². The van der Waals surface area contributed by atoms with Crippen molar-refractivity contribution in [2.45, 2.75) is 43.4 Å². The van der Waals surface area contributed by atoms with E-state index in [1.165, 1.54) is 0 Å². The number of carbonyl (C=O) groups is 2. The summed E-state index contributed by atoms with van der Waals surface area (Å²) >= 11 is 0. The van der Waals surface area contributed by atoms with Gasteiger partial charge in [-0.05, 0) is 63.5 Å². The number of likely N-dealkylation sites (tertiary alicyclic amines) is 1. The second-order valence-corrected chi connectivity index (χ2v) is 10.00. The van der Waals surface area contributed by atoms with Crippen molar-refractivity contribution in [3.63, 3.8) is 0 Å². The Bertz CT molecular complexity index is 879. The molecule has 1 aromatic rings. The Morgan fingerprint density at radius 1 is 1.03 bits per heavy atom. The summed E-state index contributed by atoms with van der Waals surface area (Å²) in [5.74, 6) is -0.0356. The van der Waals surface area contributed by atoms with Gasteiger partial charge in [0.1, 0.15) is 0 Å². The van der Waals surface area contributed by atoms with Gasteiger partial charge in [0.05, 0.1) is 4.90 Å². The molecule has 0 aromatic heterocycles. The van der Waals surface area contributed by atoms with Crippen LogP contribution in [0.5, 0.6) is 0 Å². The summed E-state index contributed by atoms with van der Waals surface area (Å²) in [5.41, 5.74) is 1.60. The van der Waals surface area contributed by atoms with E-state index in [1.54, 1.807) is 23.1 Å². The van der Waals surface area contributed by atoms with Crippen molar-refractivity contribution in [2.24, 2.45) is 0 Å². The third-order valence-electron chi connectivity index (χ3n) is 5.67. The number of nitrogens with one attached hydrogen (secondary N) is 1. The molecule has 0 bridgehead atoms. The topological polar surface area (TPSA) is 90.0 Å². The lowest BCUT2D eigenvalue weighted by molar-refractivity contribution is -0.133. The third-order valence-corrected chi connectivity index (χ3v) is 7.13. The normalized spacial score (nSPS) is 16.8. The van der Waals surface area contributed by atoms with Crippen LogP contribution in [0.2, 0.25) is 0 Å². The van der Waals surface area contributed by atoms with Crippen molar-refractivity contribution in [2.75, 3.05) is 51.7 Å². The zero-order valence-electron chi connectivity index (χ0n) is 17.9. The van der Waals surface area contributed by atoms with Crippen LogP contribution in [0.3, 0.4) is 0 Å². The molecule has 2 heterocycles. The highest BCUT2D eigenvalue weighted by molar-refractivity contribution is 7.89. The van der Waals surface area contributed by atoms with Gasteiger partial charge >= 0.3 is 0 Å². The minimum absolute atomic E-state index is 0.0488. The Morgan fingerprint density at radius 2 is 1.73 bits per heavy atom. The summed E-state index contributed by atoms with van der Waals surface area (Å²) in [4.78, 5) is 30.7. The lowest BCUT2D eigenvalue weighted by Gasteiger charge is -2.27. The predicted octanol–water partition coefficient (Wildman–Crippen LogP) is 1.21. The highest BCUT2D eigenvalue weighted by atomic mass is 32.2. The largest absolute Gasteiger partial charge is 0.343 e. The van der Waals surface area contributed by atoms with Gasteiger partial charge in [0, 0.05) is 51.3 Å². The Labute approximate surface area is 179 Å². The van der Waals surface area contributed by atoms with Crippen LogP contribution in [-0.4, -0.2) is 76.9 Å². The molecule has 2 aliphatic heterocycles. The maximum absolute atomic E-state index is 12.7. The number of hydrogen-bond acceptors (Lipinski definition) is 5. The van der Waals surface area contributed by atoms with Gasteiger partial charge in [-0.3, -0.25) is 9.59 Å². The van der Waals surface area contributed by atoms with Gasteiger partial charge < -0.3 is 14.7 Å². The summed E-state index contributed by atoms with van der Waals surface area (Å²) < 4.78 is 27.6. The molecule has 166 valence electrons. The van der Waals surface area contributed by atoms with Crippen molar-refractivity contribution in [1.82, 2.24) is 14.5 Å². The van der Waals surface area contributed by atoms with Crippen molar-refractivity contribution in [3.05, 3.63) is 23.8 Å². The second kappa shape index (κ2) is 9.89. The van der Waals surface area contributed by atoms with E-state index in [-0.39, 0.29) is 29.6 Å². The van der Waals surface area contributed by atoms with Crippen LogP contribution in [0.4, 0.5) is 5.69 Å². The number of hydrogen-bond donors (Lipinski definition) is 1. The molecule has 3 rings (SSSR count). The van der Waals surface area contributed by atoms with Gasteiger partial charge in [-0.15, -0.1) is 0 Å². The van der Waals surface area contributed by atoms with Crippen molar-refractivity contribution in [3.8, 4) is 0 Å². The fourth-order valence-electron chi connectivity index (χ4n) is 3.94. The third kappa shape index (κ3) is 5.59. The molecular formula is C21H32N4O4S. The standard InChI is InChI=1S/C21H32N4O4S/c1-23(2)15-11-22-30(28,29)18-6-7-19-17(16-18)10-14-25(19)21(27)9-8-20(26)24-12-4-3-5-13-24/h6-7,16,22H,3-5,8-15H2,1-2H3. The van der Waals surface area contributed by atoms with E-state index in [4.69, 9.17) is 0 Å². The maximum atomic E-state index is 12.7. The molecule has 30 heavy (non-hydrogen) atoms. The summed E-state index contributed by atoms with van der Waals surface area (Å²) in [6.45, 7) is 3.05. The SMILES string of the molecule is CN(C)CCNS(=O)(=O)c1ccc2c(c1)CCN2C(=O)CCC(=O)N1CCCCC1. The van der Waals surface area contributed by atoms with Crippen molar-refractivity contribution >= 4 is 27.5 Å². The number of carbonyl (C=O) groups excluding carboxylic acids is 2. The molecule has 0 aliphatic carbocycles. The van der Waals surface area contributed by atoms with Crippen LogP contribution < -0.4 is 9.62 Å². The highest BCUT2D eigenvalue weighted by Gasteiger charge is 2.27. The first-order chi connectivity index (χ1) is 14.3. The molecule has 1 fully saturated rings. The lowest BCUT2D eigenvalue weighted by atomic mass is 10.1. The second-order valence-electron chi connectivity index (χ2n) is 8.23. The van der Waals surface area contributed by atoms with Crippen molar-refractivity contribution < 1.29 is 18.0 Å². The molecule has 9 heteroatoms. The fraction of sp³-hybridized carbons (Fsp3) is 0.619. The van der Waals surface area contributed by atoms with Crippen LogP contribution >= 0.6 is 0 Å². The van der Waals surface area contributed by atoms with Crippen LogP contribution in [0.15, 0.2) is 23.1 Å². The average Bonchev–Trinajstić information content (AvgIpc) is 3.15. The first-order valence-corrected chi connectivity index (χ1v) is 12.1. The Morgan fingerprint density at radius 3 is 2.43 bits per heavy atom. The number of likely N-dealkylation sites (N-methyl/N-ethyl adjacent to an activating group) is 1. The van der Waals surface area contributed by atoms with Crippen LogP contribution in [0.1, 0.15) is 37.7 Å². The highest BCUT2D eigenvalue weighted by Crippen LogP contribution is 2.31. The molecule has 0 unspecified atom stereocenters. The maximum Gasteiger partial charge on any atom is 0.240 e. The zero-order valence-corrected chi connectivity index (χ0v) is 18.7. The molecule has 0 atom stereocenters. The number of nitrogens with zero attached hydrogens (tertiary/aromatic N) is 3. The Balaban J connectivity index is 1.59. The molecule has 0 spiro atoms. The molecule has 0 radical (unpaired) electrons. The van der Waals surface area contributed by atoms with Gasteiger partial charge in [0.2, 0.25) is 21.8 Å². The van der Waals surface area contributed by atoms with E-state index in [1.807, 2.05) is 23.9 Å². The van der Waals surface area contributed by atoms with Crippen LogP contribution in [-0.2, 0) is 26.0 Å². The number of piperidine rings is 1. The minimum atomic E-state index is -3.58. The molecular weight excluding hydrogens is 404 g/mol. The molecule has 8 nitrogen and oxygen atoms in total. The minimum Gasteiger partial charge on any atom is -0.343 e. The molecule has 2 aliphatic rings. The van der Waals surface area contributed by atoms with Crippen molar-refractivity contribution in [1.29, 1.82) is 0 Å². The van der Waals surface area contributed by atoms with Gasteiger partial charge in [0.25, 0.3) is 0 Å². The van der Waals surface area contributed by atoms with E-state index in [0.717, 1.165) is 43.6 Å². The quantitative estimate of drug-likeness (QED) is 0.662. The fourth-order valence-corrected chi connectivity index (χ4v) is 5.01. The van der Waals surface area contributed by atoms with E-state index in [9.17, 15) is 18.0 Å². The predicted molar refractivity (Wildman–Crippen MR) is 116 cm³/mol. The van der Waals surface area contributed by atoms with Crippen LogP contribution in [0.25, 0.3) is 0 Å². The number of amides is 2. The Kier molecular flexibility index (Phi) is 7.49. The smallest absolute Gasteiger partial charge is 0.240 e. The van der Waals surface area contributed by atoms with E-state index in [2.05, 4.69) is 4.72 Å². The first kappa shape index (κ1) is 22.7. The lowest BCUT2D eigenvalue weighted by Crippen LogP contribution is -2.37. The number of benzene rings is 1. The Hall–Kier alpha value is -1.97. The molecule has 1 saturated heterocycles. The van der Waals surface area contributed by atoms with Gasteiger partial charge in [-0.1, -0.05) is 0 Å². The number of sulfonamides is 1. The summed E-state index contributed by atoms with van der Waals surface area (Å²) in [6.07, 6.45) is 4.26. The number of rotatable bonds is 8. The number of anilines is 1. The summed E-state index contributed by atoms with van der Waals surface area (Å²) in [6, 6.07) is 4.90. The van der Waals surface area contributed by atoms with E-state index < -0.39 is 10.0 Å². The van der Waals surface area contributed by atoms with Crippen LogP contribution in [0, 0.1) is 0 Å².